The molecule has 0 saturated carbocycles. The summed E-state index contributed by atoms with van der Waals surface area (Å²) in [6.45, 7) is 2.65. The zero-order valence-corrected chi connectivity index (χ0v) is 18.3. The molecule has 2 atom stereocenters. The summed E-state index contributed by atoms with van der Waals surface area (Å²) in [5.74, 6) is 0.662. The Kier molecular flexibility index (Phi) is 5.12. The van der Waals surface area contributed by atoms with Gasteiger partial charge in [0.15, 0.2) is 0 Å². The highest BCUT2D eigenvalue weighted by Crippen LogP contribution is 2.33. The molecule has 2 aromatic heterocycles. The fourth-order valence-corrected chi connectivity index (χ4v) is 5.19. The summed E-state index contributed by atoms with van der Waals surface area (Å²) in [5, 5.41) is 15.9. The smallest absolute Gasteiger partial charge is 0.267 e. The van der Waals surface area contributed by atoms with Gasteiger partial charge in [0.2, 0.25) is 5.91 Å². The van der Waals surface area contributed by atoms with Gasteiger partial charge in [-0.1, -0.05) is 15.9 Å². The molecule has 2 amide bonds. The molecular weight excluding hydrogens is 466 g/mol. The Morgan fingerprint density at radius 3 is 2.52 bits per heavy atom. The average molecular weight is 488 g/mol. The number of hydrogen-bond acceptors (Lipinski definition) is 5. The minimum Gasteiger partial charge on any atom is -0.342 e. The number of nitrogens with zero attached hydrogens (tertiary/aromatic N) is 4. The molecule has 162 valence electrons. The van der Waals surface area contributed by atoms with Gasteiger partial charge in [0.25, 0.3) is 11.5 Å². The van der Waals surface area contributed by atoms with Gasteiger partial charge in [0.05, 0.1) is 12.0 Å². The molecule has 3 aromatic rings. The SMILES string of the molecule is O=C(Cc1c[nH][nH]c1=O)N1C[C@H]2CCN(C(=O)c3cc(Br)cc4n[nH]nc34)CC[C@H]2C1. The second kappa shape index (κ2) is 7.95. The third kappa shape index (κ3) is 3.78. The van der Waals surface area contributed by atoms with E-state index < -0.39 is 0 Å². The van der Waals surface area contributed by atoms with E-state index in [1.165, 1.54) is 0 Å². The van der Waals surface area contributed by atoms with E-state index in [9.17, 15) is 14.4 Å². The van der Waals surface area contributed by atoms with Gasteiger partial charge in [0.1, 0.15) is 11.0 Å². The van der Waals surface area contributed by atoms with E-state index in [1.54, 1.807) is 12.3 Å². The predicted molar refractivity (Wildman–Crippen MR) is 115 cm³/mol. The van der Waals surface area contributed by atoms with Crippen LogP contribution in [0, 0.1) is 11.8 Å². The van der Waals surface area contributed by atoms with E-state index in [1.807, 2.05) is 15.9 Å². The zero-order valence-electron chi connectivity index (χ0n) is 16.7. The molecule has 5 rings (SSSR count). The lowest BCUT2D eigenvalue weighted by Gasteiger charge is -2.22. The van der Waals surface area contributed by atoms with Gasteiger partial charge in [-0.25, -0.2) is 0 Å². The largest absolute Gasteiger partial charge is 0.342 e. The van der Waals surface area contributed by atoms with Gasteiger partial charge in [-0.05, 0) is 36.8 Å². The average Bonchev–Trinajstić information content (AvgIpc) is 3.45. The summed E-state index contributed by atoms with van der Waals surface area (Å²) in [6, 6.07) is 3.62. The van der Waals surface area contributed by atoms with Gasteiger partial charge < -0.3 is 14.9 Å². The Morgan fingerprint density at radius 2 is 1.84 bits per heavy atom. The topological polar surface area (TPSA) is 131 Å². The molecule has 0 spiro atoms. The molecule has 0 unspecified atom stereocenters. The third-order valence-corrected chi connectivity index (χ3v) is 6.90. The van der Waals surface area contributed by atoms with E-state index in [0.717, 1.165) is 17.3 Å². The number of fused-ring (bicyclic) bond motifs is 2. The normalized spacial score (nSPS) is 21.3. The standard InChI is InChI=1S/C20H22BrN7O3/c21-14-6-15(18-16(7-14)23-26-24-18)20(31)27-3-1-11-9-28(10-12(11)2-4-27)17(29)5-13-8-22-25-19(13)30/h6-8,11-12H,1-5,9-10H2,(H2,22,25,30)(H,23,24,26)/t11-,12+. The van der Waals surface area contributed by atoms with Crippen molar-refractivity contribution in [2.75, 3.05) is 26.2 Å². The van der Waals surface area contributed by atoms with Crippen LogP contribution in [-0.2, 0) is 11.2 Å². The quantitative estimate of drug-likeness (QED) is 0.512. The molecule has 2 aliphatic heterocycles. The van der Waals surface area contributed by atoms with Gasteiger partial charge in [-0.3, -0.25) is 19.5 Å². The van der Waals surface area contributed by atoms with Gasteiger partial charge in [0, 0.05) is 42.4 Å². The Balaban J connectivity index is 1.25. The van der Waals surface area contributed by atoms with Crippen LogP contribution in [0.5, 0.6) is 0 Å². The lowest BCUT2D eigenvalue weighted by molar-refractivity contribution is -0.129. The van der Waals surface area contributed by atoms with E-state index in [-0.39, 0.29) is 23.8 Å². The number of benzene rings is 1. The Bertz CT molecular complexity index is 1180. The summed E-state index contributed by atoms with van der Waals surface area (Å²) >= 11 is 3.45. The van der Waals surface area contributed by atoms with Gasteiger partial charge in [-0.15, -0.1) is 0 Å². The number of rotatable bonds is 3. The fourth-order valence-electron chi connectivity index (χ4n) is 4.75. The van der Waals surface area contributed by atoms with Gasteiger partial charge in [-0.2, -0.15) is 15.4 Å². The van der Waals surface area contributed by atoms with Gasteiger partial charge >= 0.3 is 0 Å². The highest BCUT2D eigenvalue weighted by atomic mass is 79.9. The minimum atomic E-state index is -0.246. The van der Waals surface area contributed by atoms with Crippen molar-refractivity contribution in [2.45, 2.75) is 19.3 Å². The van der Waals surface area contributed by atoms with E-state index in [2.05, 4.69) is 41.5 Å². The Morgan fingerprint density at radius 1 is 1.10 bits per heavy atom. The molecule has 2 saturated heterocycles. The number of aromatic nitrogens is 5. The van der Waals surface area contributed by atoms with Crippen LogP contribution in [0.1, 0.15) is 28.8 Å². The number of carbonyl (C=O) groups excluding carboxylic acids is 2. The van der Waals surface area contributed by atoms with Crippen molar-refractivity contribution in [2.24, 2.45) is 11.8 Å². The lowest BCUT2D eigenvalue weighted by Crippen LogP contribution is -2.35. The van der Waals surface area contributed by atoms with Crippen molar-refractivity contribution in [3.8, 4) is 0 Å². The van der Waals surface area contributed by atoms with Crippen LogP contribution in [0.15, 0.2) is 27.6 Å². The minimum absolute atomic E-state index is 0.0198. The molecule has 2 fully saturated rings. The number of amides is 2. The highest BCUT2D eigenvalue weighted by molar-refractivity contribution is 9.10. The number of halogens is 1. The molecule has 3 N–H and O–H groups in total. The number of hydrogen-bond donors (Lipinski definition) is 3. The number of aromatic amines is 3. The van der Waals surface area contributed by atoms with Crippen molar-refractivity contribution in [1.29, 1.82) is 0 Å². The maximum absolute atomic E-state index is 13.2. The molecule has 0 bridgehead atoms. The molecule has 31 heavy (non-hydrogen) atoms. The molecule has 11 heteroatoms. The van der Waals surface area contributed by atoms with E-state index in [4.69, 9.17) is 0 Å². The summed E-state index contributed by atoms with van der Waals surface area (Å²) in [4.78, 5) is 41.3. The molecular formula is C20H22BrN7O3. The monoisotopic (exact) mass is 487 g/mol. The Hall–Kier alpha value is -2.95. The summed E-state index contributed by atoms with van der Waals surface area (Å²) in [5.41, 5.74) is 1.99. The van der Waals surface area contributed by atoms with Crippen molar-refractivity contribution >= 4 is 38.8 Å². The predicted octanol–water partition coefficient (Wildman–Crippen LogP) is 1.29. The lowest BCUT2D eigenvalue weighted by atomic mass is 9.92. The maximum Gasteiger partial charge on any atom is 0.267 e. The fraction of sp³-hybridized carbons (Fsp3) is 0.450. The van der Waals surface area contributed by atoms with Crippen LogP contribution in [0.4, 0.5) is 0 Å². The second-order valence-electron chi connectivity index (χ2n) is 8.28. The van der Waals surface area contributed by atoms with Crippen LogP contribution in [0.25, 0.3) is 11.0 Å². The Labute approximate surface area is 185 Å². The van der Waals surface area contributed by atoms with Crippen molar-refractivity contribution < 1.29 is 9.59 Å². The molecule has 2 aliphatic rings. The number of H-pyrrole nitrogens is 3. The van der Waals surface area contributed by atoms with Crippen molar-refractivity contribution in [3.63, 3.8) is 0 Å². The van der Waals surface area contributed by atoms with E-state index in [0.29, 0.717) is 60.2 Å². The second-order valence-corrected chi connectivity index (χ2v) is 9.19. The van der Waals surface area contributed by atoms with Crippen LogP contribution < -0.4 is 5.56 Å². The molecule has 0 radical (unpaired) electrons. The van der Waals surface area contributed by atoms with Crippen LogP contribution in [0.3, 0.4) is 0 Å². The first kappa shape index (κ1) is 20.0. The number of nitrogens with one attached hydrogen (secondary N) is 3. The first-order valence-electron chi connectivity index (χ1n) is 10.3. The maximum atomic E-state index is 13.2. The summed E-state index contributed by atoms with van der Waals surface area (Å²) in [7, 11) is 0. The number of carbonyl (C=O) groups is 2. The molecule has 1 aromatic carbocycles. The van der Waals surface area contributed by atoms with Crippen LogP contribution in [0.2, 0.25) is 0 Å². The molecule has 0 aliphatic carbocycles. The summed E-state index contributed by atoms with van der Waals surface area (Å²) in [6.07, 6.45) is 3.35. The van der Waals surface area contributed by atoms with Crippen LogP contribution in [-0.4, -0.2) is 73.4 Å². The highest BCUT2D eigenvalue weighted by Gasteiger charge is 2.38. The molecule has 10 nitrogen and oxygen atoms in total. The first-order chi connectivity index (χ1) is 15.0. The third-order valence-electron chi connectivity index (χ3n) is 6.44. The van der Waals surface area contributed by atoms with Crippen LogP contribution >= 0.6 is 15.9 Å². The van der Waals surface area contributed by atoms with Crippen molar-refractivity contribution in [1.82, 2.24) is 35.4 Å². The number of likely N-dealkylation sites (tertiary alicyclic amines) is 2. The molecule has 4 heterocycles. The summed E-state index contributed by atoms with van der Waals surface area (Å²) < 4.78 is 0.791. The zero-order chi connectivity index (χ0) is 21.5. The van der Waals surface area contributed by atoms with Crippen molar-refractivity contribution in [3.05, 3.63) is 44.3 Å². The van der Waals surface area contributed by atoms with E-state index >= 15 is 0 Å². The first-order valence-corrected chi connectivity index (χ1v) is 11.1.